The van der Waals surface area contributed by atoms with Crippen LogP contribution in [0.15, 0.2) is 0 Å². The monoisotopic (exact) mass is 1120 g/mol. The molecule has 0 bridgehead atoms. The van der Waals surface area contributed by atoms with E-state index >= 15 is 0 Å². The van der Waals surface area contributed by atoms with E-state index in [9.17, 15) is 38.2 Å². The summed E-state index contributed by atoms with van der Waals surface area (Å²) < 4.78 is 48.0. The van der Waals surface area contributed by atoms with Gasteiger partial charge < -0.3 is 35.2 Å². The van der Waals surface area contributed by atoms with Crippen LogP contribution in [0.5, 0.6) is 0 Å². The molecule has 0 saturated carbocycles. The minimum absolute atomic E-state index is 0.220. The normalized spacial score (nSPS) is 18.8. The van der Waals surface area contributed by atoms with E-state index in [-0.39, 0.29) is 12.5 Å². The average molecular weight is 1120 g/mol. The van der Waals surface area contributed by atoms with Gasteiger partial charge in [-0.25, -0.2) is 4.18 Å². The van der Waals surface area contributed by atoms with Crippen molar-refractivity contribution in [2.45, 2.75) is 391 Å². The van der Waals surface area contributed by atoms with Crippen LogP contribution in [0.1, 0.15) is 348 Å². The van der Waals surface area contributed by atoms with Crippen molar-refractivity contribution in [2.24, 2.45) is 0 Å². The lowest BCUT2D eigenvalue weighted by Crippen LogP contribution is -2.61. The molecule has 1 saturated heterocycles. The smallest absolute Gasteiger partial charge is 0.394 e. The zero-order chi connectivity index (χ0) is 56.1. The minimum atomic E-state index is -5.08. The zero-order valence-electron chi connectivity index (χ0n) is 50.3. The Morgan fingerprint density at radius 2 is 0.753 bits per heavy atom. The third kappa shape index (κ3) is 46.3. The predicted molar refractivity (Wildman–Crippen MR) is 320 cm³/mol. The van der Waals surface area contributed by atoms with E-state index in [1.807, 2.05) is 0 Å². The van der Waals surface area contributed by atoms with Crippen molar-refractivity contribution in [3.8, 4) is 0 Å². The summed E-state index contributed by atoms with van der Waals surface area (Å²) in [7, 11) is -5.08. The molecule has 0 spiro atoms. The SMILES string of the molecule is CCCCCCCCCCCCCCCCCCCCCCCCCCCCCCCCCCC(=O)NC(COC1OC(CO)C(O)C(OS(=O)(=O)O)C1O)C(O)CCCCCCCCCCCCCCCCCCCC. The van der Waals surface area contributed by atoms with Crippen molar-refractivity contribution in [1.29, 1.82) is 0 Å². The van der Waals surface area contributed by atoms with E-state index in [2.05, 4.69) is 23.3 Å². The highest BCUT2D eigenvalue weighted by Crippen LogP contribution is 2.27. The van der Waals surface area contributed by atoms with Crippen molar-refractivity contribution < 1.29 is 51.8 Å². The first-order chi connectivity index (χ1) is 37.5. The highest BCUT2D eigenvalue weighted by Gasteiger charge is 2.48. The van der Waals surface area contributed by atoms with Gasteiger partial charge in [-0.1, -0.05) is 328 Å². The summed E-state index contributed by atoms with van der Waals surface area (Å²) in [6.45, 7) is 3.52. The predicted octanol–water partition coefficient (Wildman–Crippen LogP) is 16.8. The van der Waals surface area contributed by atoms with Crippen LogP contribution in [0.3, 0.4) is 0 Å². The van der Waals surface area contributed by atoms with E-state index in [1.54, 1.807) is 0 Å². The number of aliphatic hydroxyl groups excluding tert-OH is 4. The lowest BCUT2D eigenvalue weighted by atomic mass is 9.99. The molecule has 0 aromatic carbocycles. The Kier molecular flexibility index (Phi) is 52.3. The third-order valence-electron chi connectivity index (χ3n) is 16.4. The van der Waals surface area contributed by atoms with Crippen molar-refractivity contribution >= 4 is 16.3 Å². The molecule has 12 nitrogen and oxygen atoms in total. The molecule has 77 heavy (non-hydrogen) atoms. The fraction of sp³-hybridized carbons (Fsp3) is 0.984. The second-order valence-electron chi connectivity index (χ2n) is 23.8. The van der Waals surface area contributed by atoms with Crippen LogP contribution in [0, 0.1) is 0 Å². The van der Waals surface area contributed by atoms with Gasteiger partial charge in [0, 0.05) is 6.42 Å². The standard InChI is InChI=1S/C64H127NO11S/c1-3-5-7-9-11-13-15-17-19-21-23-24-25-26-27-28-29-30-31-32-33-34-35-36-38-40-42-44-46-48-50-52-54-60(68)65-57(56-74-64-62(70)63(76-77(71,72)73)61(69)59(55-66)75-64)58(67)53-51-49-47-45-43-41-39-37-22-20-18-16-14-12-10-8-6-4-2/h57-59,61-64,66-67,69-70H,3-56H2,1-2H3,(H,65,68)(H,71,72,73). The van der Waals surface area contributed by atoms with Crippen molar-refractivity contribution in [3.63, 3.8) is 0 Å². The summed E-state index contributed by atoms with van der Waals surface area (Å²) in [5.41, 5.74) is 0. The van der Waals surface area contributed by atoms with Crippen molar-refractivity contribution in [2.75, 3.05) is 13.2 Å². The number of ether oxygens (including phenoxy) is 2. The summed E-state index contributed by atoms with van der Waals surface area (Å²) >= 11 is 0. The Labute approximate surface area is 475 Å². The maximum Gasteiger partial charge on any atom is 0.397 e. The van der Waals surface area contributed by atoms with E-state index in [0.717, 1.165) is 51.4 Å². The number of nitrogens with one attached hydrogen (secondary N) is 1. The molecule has 0 aliphatic carbocycles. The number of unbranched alkanes of at least 4 members (excludes halogenated alkanes) is 48. The van der Waals surface area contributed by atoms with Crippen LogP contribution < -0.4 is 5.32 Å². The lowest BCUT2D eigenvalue weighted by molar-refractivity contribution is -0.298. The highest BCUT2D eigenvalue weighted by molar-refractivity contribution is 7.80. The number of hydrogen-bond donors (Lipinski definition) is 6. The molecule has 6 N–H and O–H groups in total. The Bertz CT molecular complexity index is 1360. The summed E-state index contributed by atoms with van der Waals surface area (Å²) in [5.74, 6) is -0.220. The molecule has 0 radical (unpaired) electrons. The molecule has 460 valence electrons. The molecule has 0 aromatic rings. The Morgan fingerprint density at radius 3 is 1.04 bits per heavy atom. The molecular formula is C64H127NO11S. The van der Waals surface area contributed by atoms with Gasteiger partial charge in [-0.3, -0.25) is 9.35 Å². The van der Waals surface area contributed by atoms with Crippen molar-refractivity contribution in [3.05, 3.63) is 0 Å². The Balaban J connectivity index is 2.20. The van der Waals surface area contributed by atoms with Gasteiger partial charge in [-0.05, 0) is 12.8 Å². The van der Waals surface area contributed by atoms with Crippen LogP contribution in [-0.4, -0.2) is 95.4 Å². The Morgan fingerprint density at radius 1 is 0.468 bits per heavy atom. The molecule has 1 rings (SSSR count). The van der Waals surface area contributed by atoms with Crippen LogP contribution in [-0.2, 0) is 28.9 Å². The maximum absolute atomic E-state index is 13.2. The van der Waals surface area contributed by atoms with Crippen molar-refractivity contribution in [1.82, 2.24) is 5.32 Å². The molecule has 1 amide bonds. The summed E-state index contributed by atoms with van der Waals surface area (Å²) in [5, 5.41) is 45.2. The van der Waals surface area contributed by atoms with Gasteiger partial charge in [-0.2, -0.15) is 8.42 Å². The maximum atomic E-state index is 13.2. The zero-order valence-corrected chi connectivity index (χ0v) is 51.1. The van der Waals surface area contributed by atoms with Gasteiger partial charge >= 0.3 is 10.4 Å². The molecule has 0 aromatic heterocycles. The first-order valence-electron chi connectivity index (χ1n) is 33.4. The first kappa shape index (κ1) is 74.1. The third-order valence-corrected chi connectivity index (χ3v) is 16.9. The van der Waals surface area contributed by atoms with Crippen LogP contribution in [0.25, 0.3) is 0 Å². The van der Waals surface area contributed by atoms with Gasteiger partial charge in [0.25, 0.3) is 0 Å². The molecule has 13 heteroatoms. The number of hydrogen-bond acceptors (Lipinski definition) is 10. The summed E-state index contributed by atoms with van der Waals surface area (Å²) in [6.07, 6.45) is 57.1. The molecule has 1 aliphatic heterocycles. The molecule has 7 unspecified atom stereocenters. The molecule has 1 heterocycles. The van der Waals surface area contributed by atoms with E-state index in [4.69, 9.17) is 9.47 Å². The van der Waals surface area contributed by atoms with Gasteiger partial charge in [0.1, 0.15) is 24.4 Å². The van der Waals surface area contributed by atoms with Gasteiger partial charge in [0.15, 0.2) is 6.29 Å². The fourth-order valence-corrected chi connectivity index (χ4v) is 11.8. The second-order valence-corrected chi connectivity index (χ2v) is 24.8. The van der Waals surface area contributed by atoms with E-state index in [1.165, 1.54) is 270 Å². The number of amides is 1. The fourth-order valence-electron chi connectivity index (χ4n) is 11.3. The molecule has 1 aliphatic rings. The first-order valence-corrected chi connectivity index (χ1v) is 34.8. The van der Waals surface area contributed by atoms with Gasteiger partial charge in [-0.15, -0.1) is 0 Å². The number of carbonyl (C=O) groups excluding carboxylic acids is 1. The second kappa shape index (κ2) is 54.4. The topological polar surface area (TPSA) is 192 Å². The number of aliphatic hydroxyl groups is 4. The largest absolute Gasteiger partial charge is 0.397 e. The summed E-state index contributed by atoms with van der Waals surface area (Å²) in [6, 6.07) is -0.854. The Hall–Kier alpha value is -0.900. The molecule has 7 atom stereocenters. The van der Waals surface area contributed by atoms with E-state index < -0.39 is 59.9 Å². The van der Waals surface area contributed by atoms with E-state index in [0.29, 0.717) is 12.8 Å². The molecule has 1 fully saturated rings. The van der Waals surface area contributed by atoms with Gasteiger partial charge in [0.2, 0.25) is 5.91 Å². The van der Waals surface area contributed by atoms with Crippen LogP contribution in [0.2, 0.25) is 0 Å². The van der Waals surface area contributed by atoms with Gasteiger partial charge in [0.05, 0.1) is 25.4 Å². The number of carbonyl (C=O) groups is 1. The lowest BCUT2D eigenvalue weighted by Gasteiger charge is -2.41. The number of rotatable bonds is 60. The minimum Gasteiger partial charge on any atom is -0.394 e. The highest BCUT2D eigenvalue weighted by atomic mass is 32.3. The van der Waals surface area contributed by atoms with Crippen LogP contribution in [0.4, 0.5) is 0 Å². The van der Waals surface area contributed by atoms with Crippen LogP contribution >= 0.6 is 0 Å². The average Bonchev–Trinajstić information content (AvgIpc) is 3.41. The molecular weight excluding hydrogens is 991 g/mol. The quantitative estimate of drug-likeness (QED) is 0.0251. The summed E-state index contributed by atoms with van der Waals surface area (Å²) in [4.78, 5) is 13.2.